The molecule has 0 unspecified atom stereocenters. The van der Waals surface area contributed by atoms with Crippen molar-refractivity contribution in [2.24, 2.45) is 0 Å². The van der Waals surface area contributed by atoms with Crippen LogP contribution in [-0.4, -0.2) is 50.1 Å². The first-order valence-corrected chi connectivity index (χ1v) is 9.83. The monoisotopic (exact) mass is 399 g/mol. The van der Waals surface area contributed by atoms with Crippen molar-refractivity contribution >= 4 is 17.7 Å². The van der Waals surface area contributed by atoms with Crippen molar-refractivity contribution in [3.8, 4) is 0 Å². The highest BCUT2D eigenvalue weighted by Gasteiger charge is 2.19. The van der Waals surface area contributed by atoms with Crippen LogP contribution in [0.3, 0.4) is 0 Å². The standard InChI is InChI=1S/C23H29N3O.ClH/c1-20-9-11-22(12-10-20)24-23(27)13-15-26-18-16-25(17-19-26)14-5-8-21-6-3-2-4-7-21;/h2-12H,13-19H2,1H3,(H,24,27);1H/b8-5+;. The Labute approximate surface area is 174 Å². The van der Waals surface area contributed by atoms with Gasteiger partial charge in [-0.1, -0.05) is 54.1 Å². The molecule has 1 fully saturated rings. The van der Waals surface area contributed by atoms with E-state index < -0.39 is 0 Å². The van der Waals surface area contributed by atoms with E-state index in [-0.39, 0.29) is 18.3 Å². The molecule has 1 heterocycles. The van der Waals surface area contributed by atoms with Gasteiger partial charge in [0.05, 0.1) is 19.6 Å². The number of piperazine rings is 1. The molecule has 2 aromatic carbocycles. The van der Waals surface area contributed by atoms with Gasteiger partial charge in [-0.3, -0.25) is 9.69 Å². The maximum atomic E-state index is 12.1. The predicted octanol–water partition coefficient (Wildman–Crippen LogP) is -0.758. The van der Waals surface area contributed by atoms with Gasteiger partial charge in [0.2, 0.25) is 5.91 Å². The van der Waals surface area contributed by atoms with E-state index in [4.69, 9.17) is 0 Å². The molecule has 1 saturated heterocycles. The fourth-order valence-electron chi connectivity index (χ4n) is 3.34. The first kappa shape index (κ1) is 22.2. The van der Waals surface area contributed by atoms with E-state index in [1.165, 1.54) is 11.1 Å². The highest BCUT2D eigenvalue weighted by molar-refractivity contribution is 5.90. The second-order valence-corrected chi connectivity index (χ2v) is 7.27. The van der Waals surface area contributed by atoms with Crippen molar-refractivity contribution in [2.75, 3.05) is 44.6 Å². The van der Waals surface area contributed by atoms with Crippen molar-refractivity contribution in [1.82, 2.24) is 4.90 Å². The molecule has 4 nitrogen and oxygen atoms in total. The molecule has 0 atom stereocenters. The minimum absolute atomic E-state index is 0. The molecule has 2 N–H and O–H groups in total. The number of nitrogens with one attached hydrogen (secondary N) is 2. The third-order valence-electron chi connectivity index (χ3n) is 5.07. The summed E-state index contributed by atoms with van der Waals surface area (Å²) in [5.41, 5.74) is 3.34. The highest BCUT2D eigenvalue weighted by atomic mass is 35.5. The molecule has 0 radical (unpaired) electrons. The van der Waals surface area contributed by atoms with E-state index in [0.717, 1.165) is 45.0 Å². The van der Waals surface area contributed by atoms with Crippen LogP contribution in [0.25, 0.3) is 6.08 Å². The molecule has 28 heavy (non-hydrogen) atoms. The van der Waals surface area contributed by atoms with Gasteiger partial charge >= 0.3 is 0 Å². The molecule has 0 spiro atoms. The Bertz CT molecular complexity index is 738. The zero-order valence-corrected chi connectivity index (χ0v) is 17.3. The van der Waals surface area contributed by atoms with Crippen LogP contribution >= 0.6 is 0 Å². The Morgan fingerprint density at radius 3 is 2.43 bits per heavy atom. The number of hydrogen-bond donors (Lipinski definition) is 2. The lowest BCUT2D eigenvalue weighted by molar-refractivity contribution is -0.898. The normalized spacial score (nSPS) is 15.3. The van der Waals surface area contributed by atoms with E-state index in [1.54, 1.807) is 4.90 Å². The van der Waals surface area contributed by atoms with Gasteiger partial charge in [-0.2, -0.15) is 0 Å². The third kappa shape index (κ3) is 7.47. The molecule has 0 aromatic heterocycles. The zero-order valence-electron chi connectivity index (χ0n) is 16.5. The second-order valence-electron chi connectivity index (χ2n) is 7.27. The number of hydrogen-bond acceptors (Lipinski definition) is 2. The molecule has 2 aromatic rings. The summed E-state index contributed by atoms with van der Waals surface area (Å²) in [5, 5.41) is 2.98. The van der Waals surface area contributed by atoms with Crippen molar-refractivity contribution in [3.63, 3.8) is 0 Å². The molecule has 1 aliphatic heterocycles. The summed E-state index contributed by atoms with van der Waals surface area (Å²) in [6.07, 6.45) is 5.03. The van der Waals surface area contributed by atoms with Crippen LogP contribution in [0.1, 0.15) is 17.5 Å². The lowest BCUT2D eigenvalue weighted by atomic mass is 10.2. The summed E-state index contributed by atoms with van der Waals surface area (Å²) in [4.78, 5) is 16.1. The third-order valence-corrected chi connectivity index (χ3v) is 5.07. The fourth-order valence-corrected chi connectivity index (χ4v) is 3.34. The Hall–Kier alpha value is -2.14. The van der Waals surface area contributed by atoms with Gasteiger partial charge in [-0.25, -0.2) is 0 Å². The Kier molecular flexibility index (Phi) is 9.21. The number of rotatable bonds is 7. The molecular formula is C23H30ClN3O. The summed E-state index contributed by atoms with van der Waals surface area (Å²) in [6, 6.07) is 18.4. The van der Waals surface area contributed by atoms with Crippen LogP contribution in [0.5, 0.6) is 0 Å². The van der Waals surface area contributed by atoms with E-state index in [2.05, 4.69) is 46.6 Å². The van der Waals surface area contributed by atoms with Crippen LogP contribution in [-0.2, 0) is 4.79 Å². The number of aryl methyl sites for hydroxylation is 1. The van der Waals surface area contributed by atoms with Crippen LogP contribution in [0.15, 0.2) is 60.7 Å². The highest BCUT2D eigenvalue weighted by Crippen LogP contribution is 2.09. The van der Waals surface area contributed by atoms with Gasteiger partial charge < -0.3 is 22.6 Å². The van der Waals surface area contributed by atoms with Crippen molar-refractivity contribution in [1.29, 1.82) is 0 Å². The van der Waals surface area contributed by atoms with E-state index >= 15 is 0 Å². The topological polar surface area (TPSA) is 36.8 Å². The molecule has 5 heteroatoms. The lowest BCUT2D eigenvalue weighted by Crippen LogP contribution is -3.14. The number of benzene rings is 2. The predicted molar refractivity (Wildman–Crippen MR) is 112 cm³/mol. The Balaban J connectivity index is 0.00000280. The lowest BCUT2D eigenvalue weighted by Gasteiger charge is -2.31. The molecule has 0 aliphatic carbocycles. The molecule has 150 valence electrons. The van der Waals surface area contributed by atoms with Gasteiger partial charge in [0, 0.05) is 31.7 Å². The summed E-state index contributed by atoms with van der Waals surface area (Å²) < 4.78 is 0. The molecule has 1 amide bonds. The first-order chi connectivity index (χ1) is 13.2. The van der Waals surface area contributed by atoms with Gasteiger partial charge in [0.1, 0.15) is 0 Å². The van der Waals surface area contributed by atoms with Crippen LogP contribution in [0.4, 0.5) is 5.69 Å². The SMILES string of the molecule is Cc1ccc(NC(=O)CCN2CC[NH+](C/C=C/c3ccccc3)CC2)cc1.[Cl-]. The number of halogens is 1. The second kappa shape index (κ2) is 11.6. The average Bonchev–Trinajstić information content (AvgIpc) is 2.70. The first-order valence-electron chi connectivity index (χ1n) is 9.83. The van der Waals surface area contributed by atoms with Crippen LogP contribution in [0.2, 0.25) is 0 Å². The van der Waals surface area contributed by atoms with Gasteiger partial charge in [-0.15, -0.1) is 0 Å². The van der Waals surface area contributed by atoms with E-state index in [0.29, 0.717) is 6.42 Å². The fraction of sp³-hybridized carbons (Fsp3) is 0.348. The van der Waals surface area contributed by atoms with Crippen LogP contribution in [0, 0.1) is 6.92 Å². The number of anilines is 1. The smallest absolute Gasteiger partial charge is 0.225 e. The Morgan fingerprint density at radius 2 is 1.75 bits per heavy atom. The van der Waals surface area contributed by atoms with Gasteiger partial charge in [-0.05, 0) is 30.7 Å². The number of carbonyl (C=O) groups excluding carboxylic acids is 1. The number of amides is 1. The minimum Gasteiger partial charge on any atom is -1.00 e. The summed E-state index contributed by atoms with van der Waals surface area (Å²) in [6.45, 7) is 8.35. The molecule has 0 saturated carbocycles. The summed E-state index contributed by atoms with van der Waals surface area (Å²) in [7, 11) is 0. The van der Waals surface area contributed by atoms with Crippen LogP contribution < -0.4 is 22.6 Å². The molecule has 0 bridgehead atoms. The number of carbonyl (C=O) groups is 1. The van der Waals surface area contributed by atoms with Crippen molar-refractivity contribution in [2.45, 2.75) is 13.3 Å². The Morgan fingerprint density at radius 1 is 1.07 bits per heavy atom. The zero-order chi connectivity index (χ0) is 18.9. The average molecular weight is 400 g/mol. The van der Waals surface area contributed by atoms with Crippen molar-refractivity contribution < 1.29 is 22.1 Å². The van der Waals surface area contributed by atoms with Gasteiger partial charge in [0.15, 0.2) is 0 Å². The molecule has 3 rings (SSSR count). The van der Waals surface area contributed by atoms with Crippen molar-refractivity contribution in [3.05, 3.63) is 71.8 Å². The quantitative estimate of drug-likeness (QED) is 0.642. The molecule has 1 aliphatic rings. The maximum absolute atomic E-state index is 12.1. The van der Waals surface area contributed by atoms with Gasteiger partial charge in [0.25, 0.3) is 0 Å². The number of quaternary nitrogens is 1. The summed E-state index contributed by atoms with van der Waals surface area (Å²) in [5.74, 6) is 0.0967. The number of nitrogens with zero attached hydrogens (tertiary/aromatic N) is 1. The minimum atomic E-state index is 0. The van der Waals surface area contributed by atoms with E-state index in [1.807, 2.05) is 37.3 Å². The summed E-state index contributed by atoms with van der Waals surface area (Å²) >= 11 is 0. The molecular weight excluding hydrogens is 370 g/mol. The van der Waals surface area contributed by atoms with E-state index in [9.17, 15) is 4.79 Å². The largest absolute Gasteiger partial charge is 1.00 e. The maximum Gasteiger partial charge on any atom is 0.225 e.